The van der Waals surface area contributed by atoms with Gasteiger partial charge in [0.05, 0.1) is 11.4 Å². The number of hydrogen-bond donors (Lipinski definition) is 3. The van der Waals surface area contributed by atoms with Crippen LogP contribution in [0.1, 0.15) is 31.1 Å². The summed E-state index contributed by atoms with van der Waals surface area (Å²) in [6, 6.07) is 4.90. The van der Waals surface area contributed by atoms with Crippen molar-refractivity contribution in [3.63, 3.8) is 0 Å². The molecular formula is C12H19N3O. The zero-order valence-electron chi connectivity index (χ0n) is 10.0. The van der Waals surface area contributed by atoms with Crippen molar-refractivity contribution in [1.82, 2.24) is 5.32 Å². The minimum absolute atomic E-state index is 0.0645. The average molecular weight is 221 g/mol. The molecule has 0 aliphatic heterocycles. The van der Waals surface area contributed by atoms with E-state index in [1.165, 1.54) is 0 Å². The molecule has 0 radical (unpaired) electrons. The Morgan fingerprint density at radius 1 is 1.25 bits per heavy atom. The van der Waals surface area contributed by atoms with Gasteiger partial charge in [-0.25, -0.2) is 0 Å². The highest BCUT2D eigenvalue weighted by Crippen LogP contribution is 2.16. The Labute approximate surface area is 96.0 Å². The van der Waals surface area contributed by atoms with E-state index in [-0.39, 0.29) is 11.3 Å². The first-order valence-corrected chi connectivity index (χ1v) is 5.23. The molecule has 0 atom stereocenters. The standard InChI is InChI=1S/C12H19N3O/c1-12(2,3)7-15-11(16)8-4-5-9(13)10(14)6-8/h4-6H,7,13-14H2,1-3H3,(H,15,16). The predicted molar refractivity (Wildman–Crippen MR) is 67.1 cm³/mol. The van der Waals surface area contributed by atoms with Crippen LogP contribution >= 0.6 is 0 Å². The average Bonchev–Trinajstić information content (AvgIpc) is 2.17. The molecule has 0 heterocycles. The van der Waals surface area contributed by atoms with Gasteiger partial charge in [-0.3, -0.25) is 4.79 Å². The molecule has 16 heavy (non-hydrogen) atoms. The fourth-order valence-electron chi connectivity index (χ4n) is 1.16. The summed E-state index contributed by atoms with van der Waals surface area (Å²) >= 11 is 0. The molecule has 1 rings (SSSR count). The maximum absolute atomic E-state index is 11.7. The van der Waals surface area contributed by atoms with Gasteiger partial charge in [0.2, 0.25) is 0 Å². The highest BCUT2D eigenvalue weighted by Gasteiger charge is 2.13. The lowest BCUT2D eigenvalue weighted by Crippen LogP contribution is -2.32. The molecule has 1 aromatic carbocycles. The van der Waals surface area contributed by atoms with E-state index < -0.39 is 0 Å². The first-order valence-electron chi connectivity index (χ1n) is 5.23. The largest absolute Gasteiger partial charge is 0.397 e. The molecule has 0 saturated carbocycles. The third kappa shape index (κ3) is 3.46. The van der Waals surface area contributed by atoms with Crippen LogP contribution in [0.5, 0.6) is 0 Å². The molecule has 0 spiro atoms. The summed E-state index contributed by atoms with van der Waals surface area (Å²) in [6.45, 7) is 6.80. The molecule has 4 nitrogen and oxygen atoms in total. The van der Waals surface area contributed by atoms with Crippen molar-refractivity contribution < 1.29 is 4.79 Å². The number of anilines is 2. The lowest BCUT2D eigenvalue weighted by atomic mass is 9.97. The van der Waals surface area contributed by atoms with Crippen molar-refractivity contribution in [3.05, 3.63) is 23.8 Å². The predicted octanol–water partition coefficient (Wildman–Crippen LogP) is 1.63. The molecule has 1 aromatic rings. The van der Waals surface area contributed by atoms with Crippen LogP contribution in [0.25, 0.3) is 0 Å². The van der Waals surface area contributed by atoms with Crippen molar-refractivity contribution in [2.45, 2.75) is 20.8 Å². The van der Waals surface area contributed by atoms with Crippen LogP contribution in [0.15, 0.2) is 18.2 Å². The zero-order valence-corrected chi connectivity index (χ0v) is 10.0. The Morgan fingerprint density at radius 2 is 1.88 bits per heavy atom. The second kappa shape index (κ2) is 4.43. The quantitative estimate of drug-likeness (QED) is 0.664. The smallest absolute Gasteiger partial charge is 0.251 e. The van der Waals surface area contributed by atoms with Gasteiger partial charge in [0.1, 0.15) is 0 Å². The first-order chi connectivity index (χ1) is 7.29. The van der Waals surface area contributed by atoms with Crippen molar-refractivity contribution >= 4 is 17.3 Å². The van der Waals surface area contributed by atoms with Crippen LogP contribution in [0.3, 0.4) is 0 Å². The van der Waals surface area contributed by atoms with Crippen LogP contribution in [-0.2, 0) is 0 Å². The highest BCUT2D eigenvalue weighted by atomic mass is 16.1. The lowest BCUT2D eigenvalue weighted by molar-refractivity contribution is 0.0939. The normalized spacial score (nSPS) is 11.2. The van der Waals surface area contributed by atoms with E-state index in [2.05, 4.69) is 26.1 Å². The fraction of sp³-hybridized carbons (Fsp3) is 0.417. The first kappa shape index (κ1) is 12.4. The van der Waals surface area contributed by atoms with Gasteiger partial charge in [-0.2, -0.15) is 0 Å². The number of nitrogens with one attached hydrogen (secondary N) is 1. The second-order valence-electron chi connectivity index (χ2n) is 5.09. The number of hydrogen-bond acceptors (Lipinski definition) is 3. The van der Waals surface area contributed by atoms with E-state index in [1.807, 2.05) is 0 Å². The van der Waals surface area contributed by atoms with E-state index in [0.29, 0.717) is 23.5 Å². The van der Waals surface area contributed by atoms with Gasteiger partial charge in [-0.15, -0.1) is 0 Å². The van der Waals surface area contributed by atoms with E-state index in [0.717, 1.165) is 0 Å². The zero-order chi connectivity index (χ0) is 12.3. The number of carbonyl (C=O) groups is 1. The number of nitrogens with two attached hydrogens (primary N) is 2. The summed E-state index contributed by atoms with van der Waals surface area (Å²) in [6.07, 6.45) is 0. The number of carbonyl (C=O) groups excluding carboxylic acids is 1. The minimum Gasteiger partial charge on any atom is -0.397 e. The van der Waals surface area contributed by atoms with Crippen LogP contribution in [0, 0.1) is 5.41 Å². The van der Waals surface area contributed by atoms with E-state index in [1.54, 1.807) is 18.2 Å². The number of nitrogen functional groups attached to an aromatic ring is 2. The molecule has 88 valence electrons. The third-order valence-corrected chi connectivity index (χ3v) is 2.13. The topological polar surface area (TPSA) is 81.1 Å². The molecule has 4 heteroatoms. The maximum atomic E-state index is 11.7. The van der Waals surface area contributed by atoms with Crippen LogP contribution in [0.4, 0.5) is 11.4 Å². The Morgan fingerprint density at radius 3 is 2.38 bits per heavy atom. The molecule has 0 bridgehead atoms. The van der Waals surface area contributed by atoms with Gasteiger partial charge in [0, 0.05) is 12.1 Å². The van der Waals surface area contributed by atoms with Gasteiger partial charge in [-0.1, -0.05) is 20.8 Å². The van der Waals surface area contributed by atoms with Crippen LogP contribution in [0.2, 0.25) is 0 Å². The van der Waals surface area contributed by atoms with Crippen molar-refractivity contribution in [3.8, 4) is 0 Å². The Kier molecular flexibility index (Phi) is 3.42. The lowest BCUT2D eigenvalue weighted by Gasteiger charge is -2.18. The van der Waals surface area contributed by atoms with Gasteiger partial charge in [0.15, 0.2) is 0 Å². The number of benzene rings is 1. The molecule has 0 aromatic heterocycles. The molecule has 0 fully saturated rings. The van der Waals surface area contributed by atoms with Crippen molar-refractivity contribution in [2.75, 3.05) is 18.0 Å². The Hall–Kier alpha value is -1.71. The second-order valence-corrected chi connectivity index (χ2v) is 5.09. The van der Waals surface area contributed by atoms with Gasteiger partial charge in [-0.05, 0) is 23.6 Å². The van der Waals surface area contributed by atoms with Gasteiger partial charge >= 0.3 is 0 Å². The monoisotopic (exact) mass is 221 g/mol. The highest BCUT2D eigenvalue weighted by molar-refractivity contribution is 5.95. The Bertz CT molecular complexity index is 394. The molecule has 0 aliphatic rings. The molecule has 0 unspecified atom stereocenters. The summed E-state index contributed by atoms with van der Waals surface area (Å²) in [5.41, 5.74) is 12.7. The molecule has 5 N–H and O–H groups in total. The van der Waals surface area contributed by atoms with Crippen molar-refractivity contribution in [2.24, 2.45) is 5.41 Å². The van der Waals surface area contributed by atoms with Gasteiger partial charge < -0.3 is 16.8 Å². The van der Waals surface area contributed by atoms with E-state index in [4.69, 9.17) is 11.5 Å². The SMILES string of the molecule is CC(C)(C)CNC(=O)c1ccc(N)c(N)c1. The molecule has 1 amide bonds. The Balaban J connectivity index is 2.70. The molecule has 0 aliphatic carbocycles. The maximum Gasteiger partial charge on any atom is 0.251 e. The van der Waals surface area contributed by atoms with Crippen LogP contribution < -0.4 is 16.8 Å². The van der Waals surface area contributed by atoms with Crippen LogP contribution in [-0.4, -0.2) is 12.5 Å². The molecule has 0 saturated heterocycles. The summed E-state index contributed by atoms with van der Waals surface area (Å²) in [7, 11) is 0. The summed E-state index contributed by atoms with van der Waals surface area (Å²) in [5, 5.41) is 2.85. The summed E-state index contributed by atoms with van der Waals surface area (Å²) in [5.74, 6) is -0.123. The summed E-state index contributed by atoms with van der Waals surface area (Å²) in [4.78, 5) is 11.7. The molecular weight excluding hydrogens is 202 g/mol. The number of rotatable bonds is 2. The number of amides is 1. The minimum atomic E-state index is -0.123. The summed E-state index contributed by atoms with van der Waals surface area (Å²) < 4.78 is 0. The fourth-order valence-corrected chi connectivity index (χ4v) is 1.16. The third-order valence-electron chi connectivity index (χ3n) is 2.13. The van der Waals surface area contributed by atoms with Gasteiger partial charge in [0.25, 0.3) is 5.91 Å². The van der Waals surface area contributed by atoms with Crippen molar-refractivity contribution in [1.29, 1.82) is 0 Å². The van der Waals surface area contributed by atoms with E-state index >= 15 is 0 Å². The van der Waals surface area contributed by atoms with E-state index in [9.17, 15) is 4.79 Å².